The number of nitrogens with zero attached hydrogens (tertiary/aromatic N) is 1. The molecule has 37 heavy (non-hydrogen) atoms. The van der Waals surface area contributed by atoms with Crippen LogP contribution in [0.5, 0.6) is 0 Å². The van der Waals surface area contributed by atoms with E-state index in [0.29, 0.717) is 18.4 Å². The highest BCUT2D eigenvalue weighted by atomic mass is 19.4. The number of halogens is 9. The summed E-state index contributed by atoms with van der Waals surface area (Å²) in [5, 5.41) is 0. The first-order chi connectivity index (χ1) is 17.1. The van der Waals surface area contributed by atoms with Gasteiger partial charge in [0.2, 0.25) is 0 Å². The van der Waals surface area contributed by atoms with Crippen molar-refractivity contribution in [1.82, 2.24) is 0 Å². The van der Waals surface area contributed by atoms with Gasteiger partial charge in [0.25, 0.3) is 0 Å². The maximum absolute atomic E-state index is 15.4. The Kier molecular flexibility index (Phi) is 9.99. The van der Waals surface area contributed by atoms with E-state index in [1.54, 1.807) is 18.2 Å². The summed E-state index contributed by atoms with van der Waals surface area (Å²) in [4.78, 5) is -0.277. The van der Waals surface area contributed by atoms with E-state index in [0.717, 1.165) is 25.3 Å². The average molecular weight is 542 g/mol. The van der Waals surface area contributed by atoms with Gasteiger partial charge in [0.1, 0.15) is 0 Å². The second-order valence-electron chi connectivity index (χ2n) is 9.43. The molecular formula is C27H32F9N. The molecule has 0 saturated heterocycles. The molecule has 0 spiro atoms. The summed E-state index contributed by atoms with van der Waals surface area (Å²) >= 11 is 0. The van der Waals surface area contributed by atoms with Crippen LogP contribution in [0.4, 0.5) is 45.2 Å². The molecule has 0 bridgehead atoms. The predicted octanol–water partition coefficient (Wildman–Crippen LogP) is 9.83. The molecular weight excluding hydrogens is 509 g/mol. The van der Waals surface area contributed by atoms with E-state index in [1.807, 2.05) is 13.8 Å². The summed E-state index contributed by atoms with van der Waals surface area (Å²) in [6.45, 7) is 4.58. The van der Waals surface area contributed by atoms with Crippen molar-refractivity contribution in [3.8, 4) is 11.1 Å². The molecule has 0 saturated carbocycles. The van der Waals surface area contributed by atoms with Crippen LogP contribution in [0.3, 0.4) is 0 Å². The van der Waals surface area contributed by atoms with Crippen LogP contribution in [0, 0.1) is 11.8 Å². The summed E-state index contributed by atoms with van der Waals surface area (Å²) in [5.74, 6) is -14.2. The van der Waals surface area contributed by atoms with Gasteiger partial charge < -0.3 is 4.90 Å². The third kappa shape index (κ3) is 6.55. The molecule has 1 nitrogen and oxygen atoms in total. The molecule has 0 aromatic heterocycles. The summed E-state index contributed by atoms with van der Waals surface area (Å²) in [7, 11) is 0. The van der Waals surface area contributed by atoms with Crippen LogP contribution in [0.1, 0.15) is 52.9 Å². The Hall–Kier alpha value is -2.39. The van der Waals surface area contributed by atoms with Gasteiger partial charge in [-0.05, 0) is 29.9 Å². The molecule has 208 valence electrons. The molecule has 0 aliphatic heterocycles. The van der Waals surface area contributed by atoms with Gasteiger partial charge in [-0.3, -0.25) is 0 Å². The zero-order valence-corrected chi connectivity index (χ0v) is 20.9. The molecule has 0 amide bonds. The van der Waals surface area contributed by atoms with Crippen LogP contribution in [-0.2, 0) is 0 Å². The minimum absolute atomic E-state index is 0.00137. The number of alkyl halides is 9. The van der Waals surface area contributed by atoms with E-state index in [4.69, 9.17) is 0 Å². The summed E-state index contributed by atoms with van der Waals surface area (Å²) in [6.07, 6.45) is -3.42. The van der Waals surface area contributed by atoms with Gasteiger partial charge in [0.05, 0.1) is 0 Å². The van der Waals surface area contributed by atoms with Gasteiger partial charge in [0.15, 0.2) is 0 Å². The first kappa shape index (κ1) is 30.8. The van der Waals surface area contributed by atoms with Crippen molar-refractivity contribution in [2.75, 3.05) is 11.4 Å². The Morgan fingerprint density at radius 3 is 1.81 bits per heavy atom. The largest absolute Gasteiger partial charge is 0.460 e. The Morgan fingerprint density at radius 1 is 0.703 bits per heavy atom. The lowest BCUT2D eigenvalue weighted by Gasteiger charge is -2.42. The van der Waals surface area contributed by atoms with Gasteiger partial charge in [-0.15, -0.1) is 0 Å². The number of rotatable bonds is 13. The molecule has 0 aliphatic carbocycles. The first-order valence-corrected chi connectivity index (χ1v) is 12.2. The van der Waals surface area contributed by atoms with Crippen molar-refractivity contribution < 1.29 is 39.5 Å². The van der Waals surface area contributed by atoms with Crippen LogP contribution < -0.4 is 4.90 Å². The van der Waals surface area contributed by atoms with E-state index in [1.165, 1.54) is 37.3 Å². The topological polar surface area (TPSA) is 3.24 Å². The normalized spacial score (nSPS) is 14.9. The molecule has 10 heteroatoms. The highest BCUT2D eigenvalue weighted by Crippen LogP contribution is 2.55. The summed E-state index contributed by atoms with van der Waals surface area (Å²) < 4.78 is 126. The highest BCUT2D eigenvalue weighted by molar-refractivity contribution is 5.79. The minimum atomic E-state index is -6.97. The monoisotopic (exact) mass is 541 g/mol. The van der Waals surface area contributed by atoms with E-state index in [-0.39, 0.29) is 16.4 Å². The number of benzene rings is 2. The molecule has 2 aromatic carbocycles. The van der Waals surface area contributed by atoms with Gasteiger partial charge >= 0.3 is 24.1 Å². The predicted molar refractivity (Wildman–Crippen MR) is 127 cm³/mol. The number of hydrogen-bond donors (Lipinski definition) is 0. The first-order valence-electron chi connectivity index (χ1n) is 12.2. The van der Waals surface area contributed by atoms with Gasteiger partial charge in [0, 0.05) is 17.8 Å². The molecule has 0 heterocycles. The quantitative estimate of drug-likeness (QED) is 0.180. The molecule has 2 atom stereocenters. The molecule has 0 radical (unpaired) electrons. The fourth-order valence-electron chi connectivity index (χ4n) is 4.36. The number of hydrogen-bond acceptors (Lipinski definition) is 1. The third-order valence-electron chi connectivity index (χ3n) is 6.58. The van der Waals surface area contributed by atoms with Gasteiger partial charge in [-0.2, -0.15) is 39.5 Å². The van der Waals surface area contributed by atoms with Crippen LogP contribution in [-0.4, -0.2) is 30.6 Å². The van der Waals surface area contributed by atoms with Gasteiger partial charge in [-0.25, -0.2) is 0 Å². The SMILES string of the molecule is CCCC(CC)CCC(C)CN(c1ccccc1-c1ccccc1)C(F)(F)C(F)(F)C(F)(F)C(F)(F)F. The van der Waals surface area contributed by atoms with Crippen LogP contribution in [0.25, 0.3) is 11.1 Å². The lowest BCUT2D eigenvalue weighted by Crippen LogP contribution is -2.67. The standard InChI is InChI=1S/C27H32F9N/c1-4-11-20(5-2)17-16-19(3)18-37(27(35,36)25(30,31)24(28,29)26(32,33)34)23-15-10-9-14-22(23)21-12-7-6-8-13-21/h6-10,12-15,19-20H,4-5,11,16-18H2,1-3H3. The van der Waals surface area contributed by atoms with Crippen molar-refractivity contribution in [3.63, 3.8) is 0 Å². The minimum Gasteiger partial charge on any atom is -0.307 e. The summed E-state index contributed by atoms with van der Waals surface area (Å²) in [5.41, 5.74) is -0.256. The van der Waals surface area contributed by atoms with Crippen LogP contribution in [0.15, 0.2) is 54.6 Å². The second kappa shape index (κ2) is 12.0. The second-order valence-corrected chi connectivity index (χ2v) is 9.43. The van der Waals surface area contributed by atoms with Crippen LogP contribution >= 0.6 is 0 Å². The molecule has 0 aliphatic rings. The smallest absolute Gasteiger partial charge is 0.307 e. The maximum Gasteiger partial charge on any atom is 0.460 e. The van der Waals surface area contributed by atoms with Gasteiger partial charge in [-0.1, -0.05) is 95.0 Å². The lowest BCUT2D eigenvalue weighted by molar-refractivity contribution is -0.395. The molecule has 0 N–H and O–H groups in total. The van der Waals surface area contributed by atoms with E-state index in [2.05, 4.69) is 0 Å². The molecule has 0 fully saturated rings. The lowest BCUT2D eigenvalue weighted by atomic mass is 9.91. The highest BCUT2D eigenvalue weighted by Gasteiger charge is 2.83. The fourth-order valence-corrected chi connectivity index (χ4v) is 4.36. The average Bonchev–Trinajstić information content (AvgIpc) is 2.84. The maximum atomic E-state index is 15.4. The van der Waals surface area contributed by atoms with Crippen molar-refractivity contribution in [3.05, 3.63) is 54.6 Å². The van der Waals surface area contributed by atoms with E-state index < -0.39 is 42.2 Å². The van der Waals surface area contributed by atoms with Crippen molar-refractivity contribution in [1.29, 1.82) is 0 Å². The number of para-hydroxylation sites is 1. The van der Waals surface area contributed by atoms with E-state index in [9.17, 15) is 30.7 Å². The summed E-state index contributed by atoms with van der Waals surface area (Å²) in [6, 6.07) is 6.88. The molecule has 2 aromatic rings. The Balaban J connectivity index is 2.59. The fraction of sp³-hybridized carbons (Fsp3) is 0.556. The van der Waals surface area contributed by atoms with Crippen molar-refractivity contribution in [2.45, 2.75) is 76.9 Å². The Bertz CT molecular complexity index is 973. The van der Waals surface area contributed by atoms with E-state index >= 15 is 8.78 Å². The van der Waals surface area contributed by atoms with Crippen molar-refractivity contribution in [2.24, 2.45) is 11.8 Å². The number of anilines is 1. The Labute approximate surface area is 211 Å². The van der Waals surface area contributed by atoms with Crippen LogP contribution in [0.2, 0.25) is 0 Å². The van der Waals surface area contributed by atoms with Crippen molar-refractivity contribution >= 4 is 5.69 Å². The third-order valence-corrected chi connectivity index (χ3v) is 6.58. The molecule has 2 unspecified atom stereocenters. The Morgan fingerprint density at radius 2 is 1.27 bits per heavy atom. The zero-order chi connectivity index (χ0) is 28.1. The molecule has 2 rings (SSSR count). The zero-order valence-electron chi connectivity index (χ0n) is 20.9.